The van der Waals surface area contributed by atoms with Gasteiger partial charge in [0.15, 0.2) is 11.5 Å². The van der Waals surface area contributed by atoms with Crippen molar-refractivity contribution >= 4 is 16.9 Å². The summed E-state index contributed by atoms with van der Waals surface area (Å²) in [4.78, 5) is 17.2. The summed E-state index contributed by atoms with van der Waals surface area (Å²) >= 11 is 0. The number of benzene rings is 1. The van der Waals surface area contributed by atoms with Crippen molar-refractivity contribution in [3.8, 4) is 17.3 Å². The Labute approximate surface area is 193 Å². The number of nitrogens with one attached hydrogen (secondary N) is 1. The van der Waals surface area contributed by atoms with Crippen molar-refractivity contribution in [3.05, 3.63) is 65.6 Å². The van der Waals surface area contributed by atoms with E-state index in [0.29, 0.717) is 31.7 Å². The fraction of sp³-hybridized carbons (Fsp3) is 0.320. The number of pyridine rings is 1. The Morgan fingerprint density at radius 3 is 2.61 bits per heavy atom. The van der Waals surface area contributed by atoms with Gasteiger partial charge in [-0.2, -0.15) is 5.10 Å². The summed E-state index contributed by atoms with van der Waals surface area (Å²) in [6.45, 7) is 5.04. The van der Waals surface area contributed by atoms with E-state index < -0.39 is 0 Å². The predicted octanol–water partition coefficient (Wildman–Crippen LogP) is 3.95. The van der Waals surface area contributed by atoms with Gasteiger partial charge in [-0.25, -0.2) is 9.67 Å². The molecule has 0 radical (unpaired) electrons. The Morgan fingerprint density at radius 1 is 1.09 bits per heavy atom. The molecule has 0 saturated heterocycles. The number of carbonyl (C=O) groups is 1. The van der Waals surface area contributed by atoms with E-state index >= 15 is 0 Å². The summed E-state index contributed by atoms with van der Waals surface area (Å²) in [5.74, 6) is 2.27. The number of aryl methyl sites for hydroxylation is 3. The van der Waals surface area contributed by atoms with E-state index in [1.165, 1.54) is 0 Å². The van der Waals surface area contributed by atoms with Crippen molar-refractivity contribution in [2.75, 3.05) is 14.2 Å². The van der Waals surface area contributed by atoms with Crippen molar-refractivity contribution < 1.29 is 14.3 Å². The second kappa shape index (κ2) is 9.77. The first-order chi connectivity index (χ1) is 16.0. The molecule has 0 aliphatic rings. The summed E-state index contributed by atoms with van der Waals surface area (Å²) < 4.78 is 14.6. The van der Waals surface area contributed by atoms with Gasteiger partial charge in [0.25, 0.3) is 0 Å². The Morgan fingerprint density at radius 2 is 1.88 bits per heavy atom. The van der Waals surface area contributed by atoms with Crippen LogP contribution in [0.1, 0.15) is 29.7 Å². The van der Waals surface area contributed by atoms with Crippen LogP contribution in [0.2, 0.25) is 0 Å². The molecule has 4 aromatic rings. The van der Waals surface area contributed by atoms with Crippen molar-refractivity contribution in [2.45, 2.75) is 39.8 Å². The Hall–Kier alpha value is -3.81. The zero-order valence-electron chi connectivity index (χ0n) is 19.5. The van der Waals surface area contributed by atoms with Gasteiger partial charge >= 0.3 is 0 Å². The van der Waals surface area contributed by atoms with E-state index in [1.54, 1.807) is 14.2 Å². The van der Waals surface area contributed by atoms with Gasteiger partial charge in [-0.05, 0) is 62.2 Å². The minimum Gasteiger partial charge on any atom is -0.497 e. The van der Waals surface area contributed by atoms with E-state index in [9.17, 15) is 4.79 Å². The molecule has 0 aliphatic carbocycles. The Balaban J connectivity index is 1.43. The van der Waals surface area contributed by atoms with Crippen molar-refractivity contribution in [3.63, 3.8) is 0 Å². The van der Waals surface area contributed by atoms with E-state index in [4.69, 9.17) is 19.6 Å². The molecule has 0 bridgehead atoms. The van der Waals surface area contributed by atoms with Gasteiger partial charge in [0.05, 0.1) is 19.6 Å². The van der Waals surface area contributed by atoms with E-state index in [2.05, 4.69) is 18.3 Å². The number of nitrogens with zero attached hydrogens (tertiary/aromatic N) is 4. The van der Waals surface area contributed by atoms with Crippen LogP contribution in [0.4, 0.5) is 0 Å². The number of methoxy groups -OCH3 is 2. The molecule has 1 aromatic carbocycles. The molecular formula is C25H29N5O3. The SMILES string of the molecule is COc1ccc(OC)c(CNC(=O)CCCn2nc(-n3cccc3)c3c(C)cc(C)nc32)c1. The summed E-state index contributed by atoms with van der Waals surface area (Å²) in [5, 5.41) is 8.82. The number of rotatable bonds is 9. The molecule has 1 N–H and O–H groups in total. The minimum absolute atomic E-state index is 0.0257. The molecule has 0 aliphatic heterocycles. The lowest BCUT2D eigenvalue weighted by Crippen LogP contribution is -2.23. The number of carbonyl (C=O) groups excluding carboxylic acids is 1. The highest BCUT2D eigenvalue weighted by molar-refractivity contribution is 5.87. The smallest absolute Gasteiger partial charge is 0.220 e. The number of hydrogen-bond donors (Lipinski definition) is 1. The van der Waals surface area contributed by atoms with Crippen molar-refractivity contribution in [2.24, 2.45) is 0 Å². The number of amides is 1. The van der Waals surface area contributed by atoms with Gasteiger partial charge in [0.2, 0.25) is 5.91 Å². The first-order valence-corrected chi connectivity index (χ1v) is 11.0. The normalized spacial score (nSPS) is 11.0. The monoisotopic (exact) mass is 447 g/mol. The van der Waals surface area contributed by atoms with Crippen LogP contribution < -0.4 is 14.8 Å². The minimum atomic E-state index is -0.0257. The Kier molecular flexibility index (Phi) is 6.63. The molecule has 8 nitrogen and oxygen atoms in total. The topological polar surface area (TPSA) is 83.2 Å². The number of fused-ring (bicyclic) bond motifs is 1. The molecule has 1 amide bonds. The molecule has 0 atom stereocenters. The lowest BCUT2D eigenvalue weighted by atomic mass is 10.1. The molecule has 3 aromatic heterocycles. The third kappa shape index (κ3) is 4.84. The highest BCUT2D eigenvalue weighted by atomic mass is 16.5. The molecule has 4 rings (SSSR count). The maximum absolute atomic E-state index is 12.5. The maximum Gasteiger partial charge on any atom is 0.220 e. The number of hydrogen-bond acceptors (Lipinski definition) is 5. The van der Waals surface area contributed by atoms with Crippen LogP contribution >= 0.6 is 0 Å². The van der Waals surface area contributed by atoms with Crippen LogP contribution in [-0.2, 0) is 17.9 Å². The number of aromatic nitrogens is 4. The molecule has 0 saturated carbocycles. The van der Waals surface area contributed by atoms with Gasteiger partial charge in [0.1, 0.15) is 11.5 Å². The number of ether oxygens (including phenoxy) is 2. The van der Waals surface area contributed by atoms with Crippen LogP contribution in [-0.4, -0.2) is 39.5 Å². The third-order valence-corrected chi connectivity index (χ3v) is 5.60. The highest BCUT2D eigenvalue weighted by Crippen LogP contribution is 2.26. The van der Waals surface area contributed by atoms with E-state index in [0.717, 1.165) is 39.4 Å². The standard InChI is InChI=1S/C25H29N5O3/c1-17-14-18(2)27-24-23(17)25(29-11-5-6-12-29)28-30(24)13-7-8-22(31)26-16-19-15-20(32-3)9-10-21(19)33-4/h5-6,9-12,14-15H,7-8,13,16H2,1-4H3,(H,26,31). The highest BCUT2D eigenvalue weighted by Gasteiger charge is 2.16. The average Bonchev–Trinajstić information content (AvgIpc) is 3.46. The lowest BCUT2D eigenvalue weighted by Gasteiger charge is -2.11. The van der Waals surface area contributed by atoms with Crippen LogP contribution in [0, 0.1) is 13.8 Å². The zero-order valence-corrected chi connectivity index (χ0v) is 19.5. The van der Waals surface area contributed by atoms with Crippen molar-refractivity contribution in [1.29, 1.82) is 0 Å². The first-order valence-electron chi connectivity index (χ1n) is 11.0. The van der Waals surface area contributed by atoms with Crippen LogP contribution in [0.15, 0.2) is 48.8 Å². The molecule has 0 unspecified atom stereocenters. The van der Waals surface area contributed by atoms with Gasteiger partial charge in [0, 0.05) is 43.2 Å². The summed E-state index contributed by atoms with van der Waals surface area (Å²) in [6.07, 6.45) is 4.99. The molecule has 172 valence electrons. The zero-order chi connectivity index (χ0) is 23.4. The maximum atomic E-state index is 12.5. The fourth-order valence-electron chi connectivity index (χ4n) is 4.00. The molecule has 3 heterocycles. The van der Waals surface area contributed by atoms with Gasteiger partial charge < -0.3 is 19.4 Å². The second-order valence-electron chi connectivity index (χ2n) is 7.97. The molecule has 8 heteroatoms. The van der Waals surface area contributed by atoms with Crippen LogP contribution in [0.25, 0.3) is 16.9 Å². The summed E-state index contributed by atoms with van der Waals surface area (Å²) in [5.41, 5.74) is 3.80. The quantitative estimate of drug-likeness (QED) is 0.420. The Bertz CT molecular complexity index is 1260. The fourth-order valence-corrected chi connectivity index (χ4v) is 4.00. The lowest BCUT2D eigenvalue weighted by molar-refractivity contribution is -0.121. The second-order valence-corrected chi connectivity index (χ2v) is 7.97. The third-order valence-electron chi connectivity index (χ3n) is 5.60. The molecule has 0 fully saturated rings. The van der Waals surface area contributed by atoms with Crippen LogP contribution in [0.5, 0.6) is 11.5 Å². The van der Waals surface area contributed by atoms with Gasteiger partial charge in [-0.3, -0.25) is 4.79 Å². The first kappa shape index (κ1) is 22.4. The largest absolute Gasteiger partial charge is 0.497 e. The summed E-state index contributed by atoms with van der Waals surface area (Å²) in [7, 11) is 3.23. The molecule has 33 heavy (non-hydrogen) atoms. The molecular weight excluding hydrogens is 418 g/mol. The predicted molar refractivity (Wildman–Crippen MR) is 127 cm³/mol. The van der Waals surface area contributed by atoms with Gasteiger partial charge in [-0.1, -0.05) is 0 Å². The summed E-state index contributed by atoms with van der Waals surface area (Å²) in [6, 6.07) is 11.6. The van der Waals surface area contributed by atoms with Gasteiger partial charge in [-0.15, -0.1) is 0 Å². The van der Waals surface area contributed by atoms with Crippen LogP contribution in [0.3, 0.4) is 0 Å². The average molecular weight is 448 g/mol. The van der Waals surface area contributed by atoms with E-state index in [1.807, 2.05) is 58.9 Å². The molecule has 0 spiro atoms. The van der Waals surface area contributed by atoms with Crippen molar-refractivity contribution in [1.82, 2.24) is 24.6 Å². The van der Waals surface area contributed by atoms with E-state index in [-0.39, 0.29) is 5.91 Å².